The summed E-state index contributed by atoms with van der Waals surface area (Å²) in [5, 5.41) is 0. The predicted octanol–water partition coefficient (Wildman–Crippen LogP) is 7.49. The van der Waals surface area contributed by atoms with Crippen LogP contribution < -0.4 is 0 Å². The number of nitrogens with zero attached hydrogens (tertiary/aromatic N) is 2. The normalized spacial score (nSPS) is 29.5. The standard InChI is InChI=1S/C27H53N2P/c1-19(2)28(20(3)4)25-26(29(21(5)6)22(7)8)27(25)30(23-15-11-9-12-16-23)24-17-13-10-14-18-24/h19-27H,9-18H2,1-8H3. The molecule has 0 radical (unpaired) electrons. The first kappa shape index (κ1) is 25.0. The van der Waals surface area contributed by atoms with E-state index >= 15 is 0 Å². The third-order valence-electron chi connectivity index (χ3n) is 8.32. The lowest BCUT2D eigenvalue weighted by atomic mass is 9.99. The van der Waals surface area contributed by atoms with E-state index in [1.165, 1.54) is 38.5 Å². The van der Waals surface area contributed by atoms with E-state index in [-0.39, 0.29) is 7.92 Å². The molecule has 0 bridgehead atoms. The summed E-state index contributed by atoms with van der Waals surface area (Å²) in [5.41, 5.74) is 3.09. The first-order valence-corrected chi connectivity index (χ1v) is 15.1. The second-order valence-electron chi connectivity index (χ2n) is 11.8. The van der Waals surface area contributed by atoms with Crippen molar-refractivity contribution in [3.63, 3.8) is 0 Å². The van der Waals surface area contributed by atoms with Crippen molar-refractivity contribution in [1.29, 1.82) is 0 Å². The van der Waals surface area contributed by atoms with Crippen LogP contribution in [0.2, 0.25) is 0 Å². The average Bonchev–Trinajstić information content (AvgIpc) is 3.35. The molecule has 30 heavy (non-hydrogen) atoms. The van der Waals surface area contributed by atoms with Crippen LogP contribution in [0, 0.1) is 0 Å². The Morgan fingerprint density at radius 2 is 0.800 bits per heavy atom. The Labute approximate surface area is 190 Å². The maximum Gasteiger partial charge on any atom is 0.0347 e. The smallest absolute Gasteiger partial charge is 0.0347 e. The van der Waals surface area contributed by atoms with Crippen LogP contribution in [0.5, 0.6) is 0 Å². The molecule has 176 valence electrons. The highest BCUT2D eigenvalue weighted by atomic mass is 31.1. The molecule has 2 nitrogen and oxygen atoms in total. The molecular formula is C27H53N2P. The average molecular weight is 437 g/mol. The van der Waals surface area contributed by atoms with Crippen LogP contribution in [0.15, 0.2) is 0 Å². The molecule has 0 N–H and O–H groups in total. The van der Waals surface area contributed by atoms with Crippen molar-refractivity contribution in [3.8, 4) is 0 Å². The summed E-state index contributed by atoms with van der Waals surface area (Å²) >= 11 is 0. The zero-order valence-electron chi connectivity index (χ0n) is 21.6. The fourth-order valence-electron chi connectivity index (χ4n) is 7.44. The molecule has 0 aromatic rings. The van der Waals surface area contributed by atoms with Gasteiger partial charge in [-0.15, -0.1) is 0 Å². The van der Waals surface area contributed by atoms with E-state index in [0.29, 0.717) is 24.2 Å². The molecular weight excluding hydrogens is 383 g/mol. The second kappa shape index (κ2) is 11.0. The highest BCUT2D eigenvalue weighted by molar-refractivity contribution is 7.60. The zero-order chi connectivity index (χ0) is 22.0. The minimum Gasteiger partial charge on any atom is -0.293 e. The largest absolute Gasteiger partial charge is 0.293 e. The van der Waals surface area contributed by atoms with Crippen LogP contribution in [-0.4, -0.2) is 63.0 Å². The van der Waals surface area contributed by atoms with Gasteiger partial charge in [0.2, 0.25) is 0 Å². The van der Waals surface area contributed by atoms with Gasteiger partial charge in [0.15, 0.2) is 0 Å². The van der Waals surface area contributed by atoms with Gasteiger partial charge in [0, 0.05) is 41.9 Å². The number of hydrogen-bond acceptors (Lipinski definition) is 2. The molecule has 3 saturated carbocycles. The monoisotopic (exact) mass is 436 g/mol. The van der Waals surface area contributed by atoms with Crippen LogP contribution >= 0.6 is 7.92 Å². The summed E-state index contributed by atoms with van der Waals surface area (Å²) in [6, 6.07) is 4.20. The van der Waals surface area contributed by atoms with Crippen molar-refractivity contribution in [1.82, 2.24) is 9.80 Å². The van der Waals surface area contributed by atoms with Gasteiger partial charge < -0.3 is 0 Å². The third kappa shape index (κ3) is 5.46. The molecule has 0 amide bonds. The Bertz CT molecular complexity index is 445. The van der Waals surface area contributed by atoms with Gasteiger partial charge in [-0.3, -0.25) is 9.80 Å². The van der Waals surface area contributed by atoms with Crippen LogP contribution in [-0.2, 0) is 0 Å². The Hall–Kier alpha value is 0.350. The molecule has 3 aliphatic rings. The molecule has 3 fully saturated rings. The fraction of sp³-hybridized carbons (Fsp3) is 1.00. The molecule has 3 heteroatoms. The van der Waals surface area contributed by atoms with Crippen LogP contribution in [0.25, 0.3) is 0 Å². The minimum atomic E-state index is 0.129. The molecule has 0 heterocycles. The van der Waals surface area contributed by atoms with Crippen molar-refractivity contribution in [2.75, 3.05) is 0 Å². The van der Waals surface area contributed by atoms with Gasteiger partial charge in [-0.2, -0.15) is 0 Å². The topological polar surface area (TPSA) is 6.48 Å². The SMILES string of the molecule is CC(C)N(C(C)C)C1C(N(C(C)C)C(C)C)C1P(C1CCCCC1)C1CCCCC1. The summed E-state index contributed by atoms with van der Waals surface area (Å²) in [5.74, 6) is 0. The molecule has 2 atom stereocenters. The predicted molar refractivity (Wildman–Crippen MR) is 136 cm³/mol. The summed E-state index contributed by atoms with van der Waals surface area (Å²) in [4.78, 5) is 5.85. The Morgan fingerprint density at radius 3 is 1.07 bits per heavy atom. The van der Waals surface area contributed by atoms with Gasteiger partial charge in [-0.25, -0.2) is 0 Å². The van der Waals surface area contributed by atoms with Crippen molar-refractivity contribution >= 4 is 7.92 Å². The van der Waals surface area contributed by atoms with Crippen molar-refractivity contribution in [3.05, 3.63) is 0 Å². The van der Waals surface area contributed by atoms with E-state index in [4.69, 9.17) is 0 Å². The van der Waals surface area contributed by atoms with Crippen LogP contribution in [0.4, 0.5) is 0 Å². The maximum absolute atomic E-state index is 2.92. The fourth-order valence-corrected chi connectivity index (χ4v) is 12.2. The lowest BCUT2D eigenvalue weighted by Crippen LogP contribution is -2.46. The van der Waals surface area contributed by atoms with Crippen molar-refractivity contribution in [2.24, 2.45) is 0 Å². The molecule has 0 saturated heterocycles. The van der Waals surface area contributed by atoms with Crippen molar-refractivity contribution < 1.29 is 0 Å². The molecule has 2 unspecified atom stereocenters. The summed E-state index contributed by atoms with van der Waals surface area (Å²) in [7, 11) is 0.129. The van der Waals surface area contributed by atoms with E-state index < -0.39 is 0 Å². The number of hydrogen-bond donors (Lipinski definition) is 0. The molecule has 3 rings (SSSR count). The first-order chi connectivity index (χ1) is 14.3. The minimum absolute atomic E-state index is 0.129. The molecule has 0 spiro atoms. The van der Waals surface area contributed by atoms with Crippen LogP contribution in [0.1, 0.15) is 120 Å². The zero-order valence-corrected chi connectivity index (χ0v) is 22.5. The van der Waals surface area contributed by atoms with E-state index in [2.05, 4.69) is 65.2 Å². The Morgan fingerprint density at radius 1 is 0.500 bits per heavy atom. The Balaban J connectivity index is 1.96. The van der Waals surface area contributed by atoms with Crippen LogP contribution in [0.3, 0.4) is 0 Å². The van der Waals surface area contributed by atoms with Gasteiger partial charge in [-0.1, -0.05) is 46.4 Å². The van der Waals surface area contributed by atoms with Gasteiger partial charge >= 0.3 is 0 Å². The lowest BCUT2D eigenvalue weighted by Gasteiger charge is -2.41. The first-order valence-electron chi connectivity index (χ1n) is 13.6. The van der Waals surface area contributed by atoms with E-state index in [1.54, 1.807) is 25.7 Å². The highest BCUT2D eigenvalue weighted by Crippen LogP contribution is 2.67. The van der Waals surface area contributed by atoms with E-state index in [1.807, 2.05) is 0 Å². The molecule has 0 aromatic heterocycles. The summed E-state index contributed by atoms with van der Waals surface area (Å²) in [6.07, 6.45) is 15.2. The van der Waals surface area contributed by atoms with E-state index in [9.17, 15) is 0 Å². The molecule has 0 aromatic carbocycles. The van der Waals surface area contributed by atoms with Crippen molar-refractivity contribution in [2.45, 2.75) is 173 Å². The van der Waals surface area contributed by atoms with Gasteiger partial charge in [0.1, 0.15) is 0 Å². The lowest BCUT2D eigenvalue weighted by molar-refractivity contribution is 0.108. The highest BCUT2D eigenvalue weighted by Gasteiger charge is 2.62. The number of rotatable bonds is 9. The second-order valence-corrected chi connectivity index (χ2v) is 14.7. The Kier molecular flexibility index (Phi) is 9.14. The van der Waals surface area contributed by atoms with Gasteiger partial charge in [-0.05, 0) is 92.4 Å². The van der Waals surface area contributed by atoms with Gasteiger partial charge in [0.05, 0.1) is 0 Å². The molecule has 3 aliphatic carbocycles. The summed E-state index contributed by atoms with van der Waals surface area (Å²) in [6.45, 7) is 19.6. The third-order valence-corrected chi connectivity index (χ3v) is 12.3. The van der Waals surface area contributed by atoms with Gasteiger partial charge in [0.25, 0.3) is 0 Å². The molecule has 0 aliphatic heterocycles. The van der Waals surface area contributed by atoms with E-state index in [0.717, 1.165) is 29.1 Å². The quantitative estimate of drug-likeness (QED) is 0.345. The maximum atomic E-state index is 2.92. The summed E-state index contributed by atoms with van der Waals surface area (Å²) < 4.78 is 0.